The molecule has 27 heavy (non-hydrogen) atoms. The number of nitrogens with zero attached hydrogens (tertiary/aromatic N) is 2. The highest BCUT2D eigenvalue weighted by molar-refractivity contribution is 5.91. The Morgan fingerprint density at radius 1 is 1.19 bits per heavy atom. The van der Waals surface area contributed by atoms with Gasteiger partial charge in [-0.05, 0) is 62.9 Å². The number of amides is 1. The maximum absolute atomic E-state index is 12.2. The maximum Gasteiger partial charge on any atom is 0.338 e. The standard InChI is InChI=1S/C21H27N3O3/c1-14-6-4-5-7-19(14)22-20(25)13-27-21(26)17-8-10-18(11-9-17)24-16(3)12-15(2)23-24/h8-12,14,19H,4-7,13H2,1-3H3,(H,22,25). The van der Waals surface area contributed by atoms with Gasteiger partial charge in [-0.2, -0.15) is 5.10 Å². The van der Waals surface area contributed by atoms with Crippen LogP contribution in [0.1, 0.15) is 54.4 Å². The zero-order chi connectivity index (χ0) is 19.4. The SMILES string of the molecule is Cc1cc(C)n(-c2ccc(C(=O)OCC(=O)NC3CCCCC3C)cc2)n1. The van der Waals surface area contributed by atoms with E-state index in [1.54, 1.807) is 12.1 Å². The molecule has 0 radical (unpaired) electrons. The molecule has 6 nitrogen and oxygen atoms in total. The predicted octanol–water partition coefficient (Wildman–Crippen LogP) is 3.34. The van der Waals surface area contributed by atoms with E-state index >= 15 is 0 Å². The third-order valence-electron chi connectivity index (χ3n) is 5.15. The highest BCUT2D eigenvalue weighted by Gasteiger charge is 2.23. The summed E-state index contributed by atoms with van der Waals surface area (Å²) in [4.78, 5) is 24.3. The number of nitrogens with one attached hydrogen (secondary N) is 1. The van der Waals surface area contributed by atoms with Crippen LogP contribution >= 0.6 is 0 Å². The molecular weight excluding hydrogens is 342 g/mol. The average molecular weight is 369 g/mol. The van der Waals surface area contributed by atoms with E-state index in [1.165, 1.54) is 6.42 Å². The molecule has 1 heterocycles. The van der Waals surface area contributed by atoms with Gasteiger partial charge < -0.3 is 10.1 Å². The van der Waals surface area contributed by atoms with Crippen LogP contribution in [0.25, 0.3) is 5.69 Å². The van der Waals surface area contributed by atoms with Crippen LogP contribution in [0.15, 0.2) is 30.3 Å². The molecule has 2 atom stereocenters. The van der Waals surface area contributed by atoms with E-state index in [4.69, 9.17) is 4.74 Å². The molecule has 1 aliphatic carbocycles. The van der Waals surface area contributed by atoms with Crippen molar-refractivity contribution in [3.8, 4) is 5.69 Å². The average Bonchev–Trinajstić information content (AvgIpc) is 3.00. The second-order valence-corrected chi connectivity index (χ2v) is 7.40. The molecule has 1 amide bonds. The number of carbonyl (C=O) groups is 2. The molecule has 1 fully saturated rings. The van der Waals surface area contributed by atoms with Crippen LogP contribution in [0.5, 0.6) is 0 Å². The van der Waals surface area contributed by atoms with Crippen LogP contribution in [-0.4, -0.2) is 34.3 Å². The first-order valence-electron chi connectivity index (χ1n) is 9.54. The summed E-state index contributed by atoms with van der Waals surface area (Å²) in [5, 5.41) is 7.41. The lowest BCUT2D eigenvalue weighted by molar-refractivity contribution is -0.125. The van der Waals surface area contributed by atoms with Crippen molar-refractivity contribution in [2.75, 3.05) is 6.61 Å². The van der Waals surface area contributed by atoms with Gasteiger partial charge in [-0.3, -0.25) is 4.79 Å². The topological polar surface area (TPSA) is 73.2 Å². The third-order valence-corrected chi connectivity index (χ3v) is 5.15. The van der Waals surface area contributed by atoms with Gasteiger partial charge in [-0.1, -0.05) is 19.8 Å². The number of hydrogen-bond donors (Lipinski definition) is 1. The fourth-order valence-corrected chi connectivity index (χ4v) is 3.62. The number of aryl methyl sites for hydroxylation is 2. The van der Waals surface area contributed by atoms with Crippen molar-refractivity contribution in [3.05, 3.63) is 47.3 Å². The molecule has 1 saturated carbocycles. The number of benzene rings is 1. The van der Waals surface area contributed by atoms with Gasteiger partial charge in [-0.15, -0.1) is 0 Å². The Labute approximate surface area is 159 Å². The van der Waals surface area contributed by atoms with E-state index in [1.807, 2.05) is 36.7 Å². The summed E-state index contributed by atoms with van der Waals surface area (Å²) in [5.74, 6) is -0.261. The first-order chi connectivity index (χ1) is 12.9. The highest BCUT2D eigenvalue weighted by atomic mass is 16.5. The number of aromatic nitrogens is 2. The molecule has 6 heteroatoms. The molecular formula is C21H27N3O3. The monoisotopic (exact) mass is 369 g/mol. The highest BCUT2D eigenvalue weighted by Crippen LogP contribution is 2.23. The van der Waals surface area contributed by atoms with Crippen LogP contribution in [0.4, 0.5) is 0 Å². The van der Waals surface area contributed by atoms with E-state index in [0.29, 0.717) is 11.5 Å². The lowest BCUT2D eigenvalue weighted by atomic mass is 9.86. The smallest absolute Gasteiger partial charge is 0.338 e. The van der Waals surface area contributed by atoms with Gasteiger partial charge in [0, 0.05) is 11.7 Å². The zero-order valence-electron chi connectivity index (χ0n) is 16.2. The van der Waals surface area contributed by atoms with Gasteiger partial charge in [0.05, 0.1) is 16.9 Å². The second-order valence-electron chi connectivity index (χ2n) is 7.40. The molecule has 0 bridgehead atoms. The van der Waals surface area contributed by atoms with E-state index in [0.717, 1.165) is 36.3 Å². The molecule has 0 aliphatic heterocycles. The summed E-state index contributed by atoms with van der Waals surface area (Å²) >= 11 is 0. The third kappa shape index (κ3) is 4.76. The number of carbonyl (C=O) groups excluding carboxylic acids is 2. The van der Waals surface area contributed by atoms with Crippen LogP contribution in [0, 0.1) is 19.8 Å². The van der Waals surface area contributed by atoms with Gasteiger partial charge in [0.1, 0.15) is 0 Å². The summed E-state index contributed by atoms with van der Waals surface area (Å²) in [5.41, 5.74) is 3.26. The summed E-state index contributed by atoms with van der Waals surface area (Å²) in [7, 11) is 0. The Bertz CT molecular complexity index is 811. The Morgan fingerprint density at radius 3 is 2.52 bits per heavy atom. The molecule has 0 saturated heterocycles. The first-order valence-corrected chi connectivity index (χ1v) is 9.54. The van der Waals surface area contributed by atoms with Crippen molar-refractivity contribution in [1.29, 1.82) is 0 Å². The lowest BCUT2D eigenvalue weighted by Gasteiger charge is -2.29. The van der Waals surface area contributed by atoms with E-state index < -0.39 is 5.97 Å². The summed E-state index contributed by atoms with van der Waals surface area (Å²) in [6.45, 7) is 5.82. The van der Waals surface area contributed by atoms with Crippen LogP contribution in [0.2, 0.25) is 0 Å². The van der Waals surface area contributed by atoms with Crippen molar-refractivity contribution in [1.82, 2.24) is 15.1 Å². The minimum atomic E-state index is -0.498. The molecule has 0 spiro atoms. The lowest BCUT2D eigenvalue weighted by Crippen LogP contribution is -2.42. The molecule has 3 rings (SSSR count). The number of ether oxygens (including phenoxy) is 1. The zero-order valence-corrected chi connectivity index (χ0v) is 16.2. The van der Waals surface area contributed by atoms with Crippen molar-refractivity contribution in [3.63, 3.8) is 0 Å². The van der Waals surface area contributed by atoms with Gasteiger partial charge in [0.15, 0.2) is 6.61 Å². The predicted molar refractivity (Wildman–Crippen MR) is 103 cm³/mol. The number of esters is 1. The maximum atomic E-state index is 12.2. The second kappa shape index (κ2) is 8.37. The van der Waals surface area contributed by atoms with Crippen LogP contribution in [0.3, 0.4) is 0 Å². The van der Waals surface area contributed by atoms with Gasteiger partial charge >= 0.3 is 5.97 Å². The normalized spacial score (nSPS) is 19.5. The van der Waals surface area contributed by atoms with Crippen LogP contribution in [-0.2, 0) is 9.53 Å². The quantitative estimate of drug-likeness (QED) is 0.821. The van der Waals surface area contributed by atoms with Gasteiger partial charge in [-0.25, -0.2) is 9.48 Å². The minimum absolute atomic E-state index is 0.185. The van der Waals surface area contributed by atoms with E-state index in [9.17, 15) is 9.59 Å². The van der Waals surface area contributed by atoms with Gasteiger partial charge in [0.25, 0.3) is 5.91 Å². The number of rotatable bonds is 5. The molecule has 1 aromatic carbocycles. The van der Waals surface area contributed by atoms with Crippen molar-refractivity contribution >= 4 is 11.9 Å². The molecule has 2 aromatic rings. The fraction of sp³-hybridized carbons (Fsp3) is 0.476. The molecule has 2 unspecified atom stereocenters. The van der Waals surface area contributed by atoms with Crippen molar-refractivity contribution < 1.29 is 14.3 Å². The molecule has 144 valence electrons. The summed E-state index contributed by atoms with van der Waals surface area (Å²) in [6, 6.07) is 9.20. The largest absolute Gasteiger partial charge is 0.452 e. The Hall–Kier alpha value is -2.63. The van der Waals surface area contributed by atoms with E-state index in [-0.39, 0.29) is 18.6 Å². The molecule has 1 aliphatic rings. The summed E-state index contributed by atoms with van der Waals surface area (Å²) in [6.07, 6.45) is 4.48. The number of hydrogen-bond acceptors (Lipinski definition) is 4. The molecule has 1 aromatic heterocycles. The van der Waals surface area contributed by atoms with E-state index in [2.05, 4.69) is 17.3 Å². The van der Waals surface area contributed by atoms with Crippen molar-refractivity contribution in [2.45, 2.75) is 52.5 Å². The first kappa shape index (κ1) is 19.1. The summed E-state index contributed by atoms with van der Waals surface area (Å²) < 4.78 is 6.99. The Balaban J connectivity index is 1.53. The van der Waals surface area contributed by atoms with Gasteiger partial charge in [0.2, 0.25) is 0 Å². The van der Waals surface area contributed by atoms with Crippen LogP contribution < -0.4 is 5.32 Å². The molecule has 1 N–H and O–H groups in total. The Morgan fingerprint density at radius 2 is 1.89 bits per heavy atom. The fourth-order valence-electron chi connectivity index (χ4n) is 3.62. The minimum Gasteiger partial charge on any atom is -0.452 e. The Kier molecular flexibility index (Phi) is 5.94. The van der Waals surface area contributed by atoms with Crippen molar-refractivity contribution in [2.24, 2.45) is 5.92 Å².